The van der Waals surface area contributed by atoms with Crippen molar-refractivity contribution < 1.29 is 19.1 Å². The Kier molecular flexibility index (Phi) is 6.17. The van der Waals surface area contributed by atoms with Crippen molar-refractivity contribution >= 4 is 18.0 Å². The average molecular weight is 391 g/mol. The minimum absolute atomic E-state index is 0.210. The molecule has 2 aromatic carbocycles. The van der Waals surface area contributed by atoms with E-state index in [-0.39, 0.29) is 5.91 Å². The van der Waals surface area contributed by atoms with Gasteiger partial charge < -0.3 is 14.4 Å². The van der Waals surface area contributed by atoms with Crippen molar-refractivity contribution in [3.05, 3.63) is 82.1 Å². The molecule has 0 radical (unpaired) electrons. The van der Waals surface area contributed by atoms with E-state index in [9.17, 15) is 9.59 Å². The maximum atomic E-state index is 13.2. The van der Waals surface area contributed by atoms with Gasteiger partial charge in [0.15, 0.2) is 0 Å². The Labute approximate surface area is 171 Å². The molecule has 0 N–H and O–H groups in total. The van der Waals surface area contributed by atoms with Gasteiger partial charge in [-0.2, -0.15) is 0 Å². The van der Waals surface area contributed by atoms with Crippen LogP contribution < -0.4 is 4.74 Å². The van der Waals surface area contributed by atoms with E-state index in [2.05, 4.69) is 6.92 Å². The molecule has 1 aliphatic rings. The van der Waals surface area contributed by atoms with Crippen LogP contribution in [0.3, 0.4) is 0 Å². The van der Waals surface area contributed by atoms with Crippen LogP contribution in [0, 0.1) is 0 Å². The maximum Gasteiger partial charge on any atom is 0.340 e. The number of esters is 1. The average Bonchev–Trinajstić information content (AvgIpc) is 2.98. The summed E-state index contributed by atoms with van der Waals surface area (Å²) in [4.78, 5) is 27.2. The van der Waals surface area contributed by atoms with E-state index >= 15 is 0 Å². The summed E-state index contributed by atoms with van der Waals surface area (Å²) >= 11 is 0. The molecular formula is C24H25NO4. The first kappa shape index (κ1) is 20.4. The highest BCUT2D eigenvalue weighted by atomic mass is 16.5. The fraction of sp³-hybridized carbons (Fsp3) is 0.250. The highest BCUT2D eigenvalue weighted by Gasteiger charge is 2.36. The van der Waals surface area contributed by atoms with Crippen molar-refractivity contribution in [3.63, 3.8) is 0 Å². The van der Waals surface area contributed by atoms with Crippen molar-refractivity contribution in [2.45, 2.75) is 26.8 Å². The second-order valence-corrected chi connectivity index (χ2v) is 6.84. The third-order valence-electron chi connectivity index (χ3n) is 5.10. The zero-order valence-corrected chi connectivity index (χ0v) is 17.2. The number of allylic oxidation sites excluding steroid dienone is 1. The Bertz CT molecular complexity index is 969. The Morgan fingerprint density at radius 3 is 2.17 bits per heavy atom. The lowest BCUT2D eigenvalue weighted by molar-refractivity contribution is -0.136. The third kappa shape index (κ3) is 4.24. The number of carbonyl (C=O) groups excluding carboxylic acids is 2. The summed E-state index contributed by atoms with van der Waals surface area (Å²) < 4.78 is 10.1. The predicted molar refractivity (Wildman–Crippen MR) is 112 cm³/mol. The van der Waals surface area contributed by atoms with Crippen LogP contribution in [0.2, 0.25) is 0 Å². The van der Waals surface area contributed by atoms with Gasteiger partial charge in [-0.1, -0.05) is 43.3 Å². The number of rotatable bonds is 6. The van der Waals surface area contributed by atoms with E-state index in [0.29, 0.717) is 23.4 Å². The van der Waals surface area contributed by atoms with E-state index in [0.717, 1.165) is 23.3 Å². The molecule has 150 valence electrons. The Morgan fingerprint density at radius 2 is 1.62 bits per heavy atom. The molecule has 5 nitrogen and oxygen atoms in total. The molecule has 0 spiro atoms. The zero-order chi connectivity index (χ0) is 21.0. The van der Waals surface area contributed by atoms with Crippen LogP contribution in [0.4, 0.5) is 0 Å². The lowest BCUT2D eigenvalue weighted by Gasteiger charge is -2.18. The topological polar surface area (TPSA) is 55.8 Å². The molecular weight excluding hydrogens is 366 g/mol. The van der Waals surface area contributed by atoms with Gasteiger partial charge >= 0.3 is 5.97 Å². The van der Waals surface area contributed by atoms with Crippen LogP contribution in [-0.4, -0.2) is 31.0 Å². The molecule has 1 heterocycles. The predicted octanol–water partition coefficient (Wildman–Crippen LogP) is 4.13. The van der Waals surface area contributed by atoms with Gasteiger partial charge in [-0.25, -0.2) is 4.79 Å². The zero-order valence-electron chi connectivity index (χ0n) is 17.2. The first-order valence-corrected chi connectivity index (χ1v) is 9.53. The summed E-state index contributed by atoms with van der Waals surface area (Å²) in [5.74, 6) is 0.0305. The van der Waals surface area contributed by atoms with Gasteiger partial charge in [0.1, 0.15) is 5.75 Å². The number of aryl methyl sites for hydroxylation is 1. The second kappa shape index (κ2) is 8.78. The minimum Gasteiger partial charge on any atom is -0.497 e. The molecule has 0 saturated heterocycles. The SMILES string of the molecule is CCc1ccc(/C=C2/C(=O)N(Cc3ccc(OC)cc3)C(C)=C2C(=O)OC)cc1. The summed E-state index contributed by atoms with van der Waals surface area (Å²) in [5, 5.41) is 0. The molecule has 0 saturated carbocycles. The minimum atomic E-state index is -0.510. The number of methoxy groups -OCH3 is 2. The molecule has 3 rings (SSSR count). The van der Waals surface area contributed by atoms with Crippen LogP contribution in [0.25, 0.3) is 6.08 Å². The Balaban J connectivity index is 1.96. The lowest BCUT2D eigenvalue weighted by atomic mass is 10.0. The molecule has 29 heavy (non-hydrogen) atoms. The summed E-state index contributed by atoms with van der Waals surface area (Å²) in [6.45, 7) is 4.22. The summed E-state index contributed by atoms with van der Waals surface area (Å²) in [6, 6.07) is 15.5. The van der Waals surface area contributed by atoms with Crippen molar-refractivity contribution in [2.75, 3.05) is 14.2 Å². The number of carbonyl (C=O) groups is 2. The fourth-order valence-electron chi connectivity index (χ4n) is 3.35. The van der Waals surface area contributed by atoms with Gasteiger partial charge in [-0.3, -0.25) is 4.79 Å². The molecule has 0 fully saturated rings. The molecule has 0 aliphatic carbocycles. The highest BCUT2D eigenvalue weighted by Crippen LogP contribution is 2.33. The van der Waals surface area contributed by atoms with Crippen molar-refractivity contribution in [2.24, 2.45) is 0 Å². The van der Waals surface area contributed by atoms with Crippen molar-refractivity contribution in [1.82, 2.24) is 4.90 Å². The largest absolute Gasteiger partial charge is 0.497 e. The highest BCUT2D eigenvalue weighted by molar-refractivity contribution is 6.16. The monoisotopic (exact) mass is 391 g/mol. The van der Waals surface area contributed by atoms with Crippen LogP contribution in [-0.2, 0) is 27.3 Å². The van der Waals surface area contributed by atoms with Gasteiger partial charge in [-0.05, 0) is 48.2 Å². The second-order valence-electron chi connectivity index (χ2n) is 6.84. The standard InChI is InChI=1S/C24H25NO4/c1-5-17-6-8-18(9-7-17)14-21-22(24(27)29-4)16(2)25(23(21)26)15-19-10-12-20(28-3)13-11-19/h6-14H,5,15H2,1-4H3/b21-14+. The molecule has 1 aliphatic heterocycles. The fourth-order valence-corrected chi connectivity index (χ4v) is 3.35. The van der Waals surface area contributed by atoms with Gasteiger partial charge in [-0.15, -0.1) is 0 Å². The van der Waals surface area contributed by atoms with Crippen LogP contribution in [0.1, 0.15) is 30.5 Å². The number of nitrogens with zero attached hydrogens (tertiary/aromatic N) is 1. The number of hydrogen-bond donors (Lipinski definition) is 0. The van der Waals surface area contributed by atoms with Gasteiger partial charge in [0.05, 0.1) is 31.9 Å². The smallest absolute Gasteiger partial charge is 0.340 e. The summed E-state index contributed by atoms with van der Waals surface area (Å²) in [5.41, 5.74) is 4.28. The lowest BCUT2D eigenvalue weighted by Crippen LogP contribution is -2.24. The molecule has 5 heteroatoms. The molecule has 1 amide bonds. The maximum absolute atomic E-state index is 13.2. The van der Waals surface area contributed by atoms with E-state index in [4.69, 9.17) is 9.47 Å². The Hall–Kier alpha value is -3.34. The molecule has 2 aromatic rings. The summed E-state index contributed by atoms with van der Waals surface area (Å²) in [6.07, 6.45) is 2.70. The number of benzene rings is 2. The van der Waals surface area contributed by atoms with E-state index in [1.165, 1.54) is 12.7 Å². The first-order chi connectivity index (χ1) is 14.0. The third-order valence-corrected chi connectivity index (χ3v) is 5.10. The molecule has 0 atom stereocenters. The van der Waals surface area contributed by atoms with Crippen LogP contribution >= 0.6 is 0 Å². The van der Waals surface area contributed by atoms with Crippen molar-refractivity contribution in [1.29, 1.82) is 0 Å². The van der Waals surface area contributed by atoms with Gasteiger partial charge in [0.25, 0.3) is 5.91 Å². The van der Waals surface area contributed by atoms with Gasteiger partial charge in [0.2, 0.25) is 0 Å². The van der Waals surface area contributed by atoms with Crippen molar-refractivity contribution in [3.8, 4) is 5.75 Å². The molecule has 0 unspecified atom stereocenters. The molecule has 0 bridgehead atoms. The van der Waals surface area contributed by atoms with E-state index in [1.54, 1.807) is 25.0 Å². The van der Waals surface area contributed by atoms with Crippen LogP contribution in [0.15, 0.2) is 65.4 Å². The number of ether oxygens (including phenoxy) is 2. The number of amides is 1. The Morgan fingerprint density at radius 1 is 1.00 bits per heavy atom. The normalized spacial score (nSPS) is 15.2. The van der Waals surface area contributed by atoms with Gasteiger partial charge in [0, 0.05) is 5.70 Å². The quantitative estimate of drug-likeness (QED) is 0.549. The van der Waals surface area contributed by atoms with Crippen LogP contribution in [0.5, 0.6) is 5.75 Å². The summed E-state index contributed by atoms with van der Waals surface area (Å²) in [7, 11) is 2.94. The molecule has 0 aromatic heterocycles. The van der Waals surface area contributed by atoms with E-state index < -0.39 is 5.97 Å². The number of hydrogen-bond acceptors (Lipinski definition) is 4. The van der Waals surface area contributed by atoms with E-state index in [1.807, 2.05) is 48.5 Å². The first-order valence-electron chi connectivity index (χ1n) is 9.53.